The van der Waals surface area contributed by atoms with E-state index in [0.29, 0.717) is 10.0 Å². The molecule has 0 saturated carbocycles. The van der Waals surface area contributed by atoms with Crippen LogP contribution in [-0.2, 0) is 0 Å². The molecule has 1 aromatic carbocycles. The van der Waals surface area contributed by atoms with Crippen LogP contribution < -0.4 is 11.1 Å². The van der Waals surface area contributed by atoms with E-state index in [1.165, 1.54) is 13.0 Å². The first kappa shape index (κ1) is 16.0. The van der Waals surface area contributed by atoms with Crippen molar-refractivity contribution in [1.82, 2.24) is 5.43 Å². The lowest BCUT2D eigenvalue weighted by Crippen LogP contribution is -2.22. The van der Waals surface area contributed by atoms with Crippen molar-refractivity contribution in [2.24, 2.45) is 5.10 Å². The Labute approximate surface area is 134 Å². The molecule has 114 valence electrons. The number of carbonyl (C=O) groups is 1. The van der Waals surface area contributed by atoms with Crippen LogP contribution in [0, 0.1) is 6.92 Å². The first-order chi connectivity index (χ1) is 10.4. The highest BCUT2D eigenvalue weighted by Crippen LogP contribution is 2.16. The average molecular weight is 365 g/mol. The number of rotatable bonds is 3. The minimum atomic E-state index is -0.714. The molecule has 1 heterocycles. The van der Waals surface area contributed by atoms with Crippen LogP contribution >= 0.6 is 15.9 Å². The van der Waals surface area contributed by atoms with Crippen molar-refractivity contribution in [3.8, 4) is 5.75 Å². The number of aromatic hydroxyl groups is 1. The molecule has 7 heteroatoms. The maximum atomic E-state index is 12.0. The Kier molecular flexibility index (Phi) is 4.77. The molecule has 2 rings (SSSR count). The van der Waals surface area contributed by atoms with Crippen molar-refractivity contribution in [2.75, 3.05) is 0 Å². The SMILES string of the molecule is CC(=NNC(=O)c1ccccc1Br)c1c(O)cc(C)oc1=O. The van der Waals surface area contributed by atoms with Gasteiger partial charge in [0, 0.05) is 10.5 Å². The molecule has 0 aliphatic rings. The van der Waals surface area contributed by atoms with Crippen LogP contribution in [0.1, 0.15) is 28.6 Å². The molecular weight excluding hydrogens is 352 g/mol. The molecule has 0 aliphatic carbocycles. The van der Waals surface area contributed by atoms with Crippen LogP contribution in [0.5, 0.6) is 5.75 Å². The molecule has 6 nitrogen and oxygen atoms in total. The lowest BCUT2D eigenvalue weighted by atomic mass is 10.2. The summed E-state index contributed by atoms with van der Waals surface area (Å²) in [6.45, 7) is 3.04. The van der Waals surface area contributed by atoms with E-state index in [0.717, 1.165) is 0 Å². The standard InChI is InChI=1S/C15H13BrN2O4/c1-8-7-12(19)13(15(21)22-8)9(2)17-18-14(20)10-5-3-4-6-11(10)16/h3-7,19H,1-2H3,(H,18,20). The van der Waals surface area contributed by atoms with Crippen molar-refractivity contribution in [2.45, 2.75) is 13.8 Å². The second-order valence-electron chi connectivity index (χ2n) is 4.52. The van der Waals surface area contributed by atoms with E-state index in [4.69, 9.17) is 4.42 Å². The van der Waals surface area contributed by atoms with E-state index < -0.39 is 11.5 Å². The molecule has 22 heavy (non-hydrogen) atoms. The number of benzene rings is 1. The molecule has 1 aromatic heterocycles. The smallest absolute Gasteiger partial charge is 0.348 e. The monoisotopic (exact) mass is 364 g/mol. The minimum Gasteiger partial charge on any atom is -0.507 e. The van der Waals surface area contributed by atoms with Gasteiger partial charge in [0.1, 0.15) is 17.1 Å². The van der Waals surface area contributed by atoms with Gasteiger partial charge in [-0.1, -0.05) is 12.1 Å². The predicted molar refractivity (Wildman–Crippen MR) is 85.2 cm³/mol. The van der Waals surface area contributed by atoms with Gasteiger partial charge in [0.05, 0.1) is 11.3 Å². The third-order valence-corrected chi connectivity index (χ3v) is 3.55. The molecule has 0 unspecified atom stereocenters. The molecular formula is C15H13BrN2O4. The fraction of sp³-hybridized carbons (Fsp3) is 0.133. The second-order valence-corrected chi connectivity index (χ2v) is 5.38. The van der Waals surface area contributed by atoms with Gasteiger partial charge in [-0.05, 0) is 41.9 Å². The van der Waals surface area contributed by atoms with E-state index >= 15 is 0 Å². The molecule has 0 radical (unpaired) electrons. The summed E-state index contributed by atoms with van der Waals surface area (Å²) in [5.74, 6) is -0.399. The zero-order valence-electron chi connectivity index (χ0n) is 11.9. The number of aryl methyl sites for hydroxylation is 1. The highest BCUT2D eigenvalue weighted by atomic mass is 79.9. The van der Waals surface area contributed by atoms with Gasteiger partial charge in [0.15, 0.2) is 0 Å². The Morgan fingerprint density at radius 3 is 2.68 bits per heavy atom. The Balaban J connectivity index is 2.26. The maximum absolute atomic E-state index is 12.0. The number of hydrogen-bond acceptors (Lipinski definition) is 5. The van der Waals surface area contributed by atoms with Crippen LogP contribution in [0.15, 0.2) is 49.1 Å². The Bertz CT molecular complexity index is 811. The lowest BCUT2D eigenvalue weighted by Gasteiger charge is -2.05. The predicted octanol–water partition coefficient (Wildman–Crippen LogP) is 2.57. The van der Waals surface area contributed by atoms with Crippen molar-refractivity contribution in [1.29, 1.82) is 0 Å². The highest BCUT2D eigenvalue weighted by Gasteiger charge is 2.14. The third-order valence-electron chi connectivity index (χ3n) is 2.86. The maximum Gasteiger partial charge on any atom is 0.348 e. The number of hydrogen-bond donors (Lipinski definition) is 2. The average Bonchev–Trinajstić information content (AvgIpc) is 2.44. The number of nitrogens with zero attached hydrogens (tertiary/aromatic N) is 1. The summed E-state index contributed by atoms with van der Waals surface area (Å²) in [6, 6.07) is 8.17. The van der Waals surface area contributed by atoms with Gasteiger partial charge in [-0.25, -0.2) is 10.2 Å². The summed E-state index contributed by atoms with van der Waals surface area (Å²) >= 11 is 3.27. The number of nitrogens with one attached hydrogen (secondary N) is 1. The number of hydrazone groups is 1. The Hall–Kier alpha value is -2.41. The molecule has 0 saturated heterocycles. The van der Waals surface area contributed by atoms with Crippen molar-refractivity contribution >= 4 is 27.5 Å². The van der Waals surface area contributed by atoms with Crippen molar-refractivity contribution in [3.05, 3.63) is 62.1 Å². The van der Waals surface area contributed by atoms with E-state index in [1.54, 1.807) is 31.2 Å². The molecule has 0 fully saturated rings. The van der Waals surface area contributed by atoms with Gasteiger partial charge in [-0.2, -0.15) is 5.10 Å². The van der Waals surface area contributed by atoms with Crippen LogP contribution in [0.2, 0.25) is 0 Å². The Morgan fingerprint density at radius 2 is 2.05 bits per heavy atom. The second kappa shape index (κ2) is 6.57. The highest BCUT2D eigenvalue weighted by molar-refractivity contribution is 9.10. The molecule has 0 bridgehead atoms. The quantitative estimate of drug-likeness (QED) is 0.646. The third kappa shape index (κ3) is 3.43. The fourth-order valence-corrected chi connectivity index (χ4v) is 2.29. The van der Waals surface area contributed by atoms with Gasteiger partial charge in [-0.3, -0.25) is 4.79 Å². The van der Waals surface area contributed by atoms with Gasteiger partial charge >= 0.3 is 5.63 Å². The normalized spacial score (nSPS) is 11.3. The van der Waals surface area contributed by atoms with Gasteiger partial charge in [0.2, 0.25) is 0 Å². The van der Waals surface area contributed by atoms with E-state index in [9.17, 15) is 14.7 Å². The minimum absolute atomic E-state index is 0.0852. The fourth-order valence-electron chi connectivity index (χ4n) is 1.83. The van der Waals surface area contributed by atoms with Gasteiger partial charge < -0.3 is 9.52 Å². The molecule has 0 spiro atoms. The molecule has 2 N–H and O–H groups in total. The molecule has 1 amide bonds. The zero-order valence-corrected chi connectivity index (χ0v) is 13.5. The lowest BCUT2D eigenvalue weighted by molar-refractivity contribution is 0.0954. The van der Waals surface area contributed by atoms with Crippen LogP contribution in [-0.4, -0.2) is 16.7 Å². The zero-order chi connectivity index (χ0) is 16.3. The summed E-state index contributed by atoms with van der Waals surface area (Å²) in [6.07, 6.45) is 0. The number of halogens is 1. The Morgan fingerprint density at radius 1 is 1.36 bits per heavy atom. The topological polar surface area (TPSA) is 91.9 Å². The van der Waals surface area contributed by atoms with Crippen LogP contribution in [0.25, 0.3) is 0 Å². The first-order valence-corrected chi connectivity index (χ1v) is 7.12. The molecule has 0 atom stereocenters. The van der Waals surface area contributed by atoms with E-state index in [1.807, 2.05) is 0 Å². The van der Waals surface area contributed by atoms with Gasteiger partial charge in [0.25, 0.3) is 5.91 Å². The van der Waals surface area contributed by atoms with Gasteiger partial charge in [-0.15, -0.1) is 0 Å². The number of carbonyl (C=O) groups excluding carboxylic acids is 1. The van der Waals surface area contributed by atoms with Crippen molar-refractivity contribution in [3.63, 3.8) is 0 Å². The van der Waals surface area contributed by atoms with Crippen LogP contribution in [0.3, 0.4) is 0 Å². The van der Waals surface area contributed by atoms with Crippen molar-refractivity contribution < 1.29 is 14.3 Å². The summed E-state index contributed by atoms with van der Waals surface area (Å²) in [4.78, 5) is 23.8. The van der Waals surface area contributed by atoms with E-state index in [-0.39, 0.29) is 22.8 Å². The summed E-state index contributed by atoms with van der Waals surface area (Å²) < 4.78 is 5.53. The first-order valence-electron chi connectivity index (χ1n) is 6.33. The largest absolute Gasteiger partial charge is 0.507 e. The van der Waals surface area contributed by atoms with E-state index in [2.05, 4.69) is 26.5 Å². The summed E-state index contributed by atoms with van der Waals surface area (Å²) in [5.41, 5.74) is 2.08. The van der Waals surface area contributed by atoms with Crippen LogP contribution in [0.4, 0.5) is 0 Å². The summed E-state index contributed by atoms with van der Waals surface area (Å²) in [7, 11) is 0. The summed E-state index contributed by atoms with van der Waals surface area (Å²) in [5, 5.41) is 13.6. The number of amides is 1. The molecule has 0 aliphatic heterocycles. The molecule has 2 aromatic rings.